The highest BCUT2D eigenvalue weighted by atomic mass is 16.5. The number of hydrogen-bond acceptors (Lipinski definition) is 11. The zero-order chi connectivity index (χ0) is 39.1. The number of hydrogen-bond donors (Lipinski definition) is 3. The number of imide groups is 1. The Kier molecular flexibility index (Phi) is 9.79. The van der Waals surface area contributed by atoms with Gasteiger partial charge in [0.1, 0.15) is 23.1 Å². The Morgan fingerprint density at radius 3 is 2.46 bits per heavy atom. The Hall–Kier alpha value is -5.92. The minimum atomic E-state index is -0.983. The lowest BCUT2D eigenvalue weighted by Crippen LogP contribution is -2.52. The predicted molar refractivity (Wildman–Crippen MR) is 215 cm³/mol. The van der Waals surface area contributed by atoms with Crippen molar-refractivity contribution in [3.8, 4) is 5.75 Å². The number of aliphatic hydroxyl groups is 1. The van der Waals surface area contributed by atoms with Crippen molar-refractivity contribution in [2.24, 2.45) is 0 Å². The molecule has 3 amide bonds. The number of fused-ring (bicyclic) bond motifs is 2. The Bertz CT molecular complexity index is 2320. The van der Waals surface area contributed by atoms with Crippen molar-refractivity contribution in [1.29, 1.82) is 0 Å². The van der Waals surface area contributed by atoms with E-state index in [1.54, 1.807) is 24.3 Å². The first kappa shape index (κ1) is 36.7. The SMILES string of the molecule is COc1cccc2cnc(Nc3ccc(C4CCN(c5ccc(CN6CCC(O)(c7ccc8c(c7)CN(C7CCC(=O)NC7=O)C8=O)CC6)cc5)CC4)cn3)nc12. The lowest BCUT2D eigenvalue weighted by Gasteiger charge is -2.39. The maximum Gasteiger partial charge on any atom is 0.255 e. The molecule has 0 radical (unpaired) electrons. The second kappa shape index (κ2) is 15.2. The summed E-state index contributed by atoms with van der Waals surface area (Å²) in [6.07, 6.45) is 7.59. The molecule has 1 atom stereocenters. The van der Waals surface area contributed by atoms with E-state index < -0.39 is 17.6 Å². The quantitative estimate of drug-likeness (QED) is 0.165. The second-order valence-corrected chi connectivity index (χ2v) is 15.7. The first-order chi connectivity index (χ1) is 27.7. The summed E-state index contributed by atoms with van der Waals surface area (Å²) >= 11 is 0. The number of amides is 3. The van der Waals surface area contributed by atoms with Crippen molar-refractivity contribution < 1.29 is 24.2 Å². The third-order valence-corrected chi connectivity index (χ3v) is 12.2. The molecule has 4 aliphatic heterocycles. The van der Waals surface area contributed by atoms with E-state index in [0.717, 1.165) is 67.6 Å². The smallest absolute Gasteiger partial charge is 0.255 e. The van der Waals surface area contributed by atoms with Crippen LogP contribution in [0.1, 0.15) is 77.1 Å². The van der Waals surface area contributed by atoms with Gasteiger partial charge in [0.25, 0.3) is 5.91 Å². The molecule has 0 aliphatic carbocycles. The molecule has 292 valence electrons. The molecule has 2 aromatic heterocycles. The molecule has 6 heterocycles. The van der Waals surface area contributed by atoms with Crippen LogP contribution in [-0.2, 0) is 28.3 Å². The van der Waals surface area contributed by atoms with E-state index in [2.05, 4.69) is 65.7 Å². The number of nitrogens with zero attached hydrogens (tertiary/aromatic N) is 6. The number of ether oxygens (including phenoxy) is 1. The molecule has 9 rings (SSSR count). The van der Waals surface area contributed by atoms with Gasteiger partial charge in [-0.3, -0.25) is 24.6 Å². The minimum Gasteiger partial charge on any atom is -0.494 e. The van der Waals surface area contributed by atoms with Gasteiger partial charge in [-0.15, -0.1) is 0 Å². The Morgan fingerprint density at radius 2 is 1.72 bits per heavy atom. The number of methoxy groups -OCH3 is 1. The topological polar surface area (TPSA) is 153 Å². The number of pyridine rings is 1. The molecule has 1 unspecified atom stereocenters. The molecule has 3 aromatic carbocycles. The number of piperidine rings is 3. The highest BCUT2D eigenvalue weighted by molar-refractivity contribution is 6.05. The zero-order valence-electron chi connectivity index (χ0n) is 32.0. The fourth-order valence-corrected chi connectivity index (χ4v) is 8.86. The molecule has 3 saturated heterocycles. The maximum absolute atomic E-state index is 13.2. The van der Waals surface area contributed by atoms with Gasteiger partial charge in [-0.2, -0.15) is 0 Å². The third-order valence-electron chi connectivity index (χ3n) is 12.2. The maximum atomic E-state index is 13.2. The summed E-state index contributed by atoms with van der Waals surface area (Å²) in [5.74, 6) is 1.41. The van der Waals surface area contributed by atoms with Crippen LogP contribution in [0.2, 0.25) is 0 Å². The van der Waals surface area contributed by atoms with Gasteiger partial charge in [-0.25, -0.2) is 15.0 Å². The van der Waals surface area contributed by atoms with E-state index in [0.29, 0.717) is 54.8 Å². The normalized spacial score (nSPS) is 20.1. The van der Waals surface area contributed by atoms with Gasteiger partial charge in [0.2, 0.25) is 17.8 Å². The first-order valence-corrected chi connectivity index (χ1v) is 19.8. The van der Waals surface area contributed by atoms with Crippen molar-refractivity contribution in [3.05, 3.63) is 113 Å². The van der Waals surface area contributed by atoms with Gasteiger partial charge in [-0.05, 0) is 90.6 Å². The van der Waals surface area contributed by atoms with Gasteiger partial charge in [0, 0.05) is 74.7 Å². The number of rotatable bonds is 9. The number of carbonyl (C=O) groups excluding carboxylic acids is 3. The van der Waals surface area contributed by atoms with Crippen LogP contribution in [0.5, 0.6) is 5.75 Å². The molecule has 13 heteroatoms. The summed E-state index contributed by atoms with van der Waals surface area (Å²) in [4.78, 5) is 57.4. The molecule has 3 N–H and O–H groups in total. The number of aromatic nitrogens is 3. The molecule has 0 bridgehead atoms. The van der Waals surface area contributed by atoms with Crippen molar-refractivity contribution in [3.63, 3.8) is 0 Å². The molecule has 13 nitrogen and oxygen atoms in total. The second-order valence-electron chi connectivity index (χ2n) is 15.7. The van der Waals surface area contributed by atoms with Crippen molar-refractivity contribution in [2.45, 2.75) is 69.2 Å². The van der Waals surface area contributed by atoms with Crippen LogP contribution in [0.3, 0.4) is 0 Å². The highest BCUT2D eigenvalue weighted by Crippen LogP contribution is 2.37. The molecule has 3 fully saturated rings. The predicted octanol–water partition coefficient (Wildman–Crippen LogP) is 5.41. The number of benzene rings is 3. The average Bonchev–Trinajstić information content (AvgIpc) is 3.57. The third kappa shape index (κ3) is 7.40. The van der Waals surface area contributed by atoms with Crippen LogP contribution >= 0.6 is 0 Å². The largest absolute Gasteiger partial charge is 0.494 e. The van der Waals surface area contributed by atoms with Gasteiger partial charge in [-0.1, -0.05) is 42.5 Å². The molecule has 5 aromatic rings. The summed E-state index contributed by atoms with van der Waals surface area (Å²) in [5, 5.41) is 18.2. The van der Waals surface area contributed by atoms with E-state index in [4.69, 9.17) is 4.74 Å². The first-order valence-electron chi connectivity index (χ1n) is 19.8. The molecular formula is C44H46N8O5. The van der Waals surface area contributed by atoms with E-state index >= 15 is 0 Å². The van der Waals surface area contributed by atoms with E-state index in [9.17, 15) is 19.5 Å². The summed E-state index contributed by atoms with van der Waals surface area (Å²) < 4.78 is 5.46. The van der Waals surface area contributed by atoms with Crippen LogP contribution in [0.25, 0.3) is 10.9 Å². The lowest BCUT2D eigenvalue weighted by atomic mass is 9.83. The van der Waals surface area contributed by atoms with E-state index in [1.807, 2.05) is 42.6 Å². The fourth-order valence-electron chi connectivity index (χ4n) is 8.86. The van der Waals surface area contributed by atoms with Crippen LogP contribution < -0.4 is 20.3 Å². The standard InChI is InChI=1S/C44H46N8O5/c1-57-37-4-2-3-31-25-46-43(49-40(31)37)47-38-13-7-30(24-45-38)29-15-19-51(20-16-29)34-9-5-28(6-10-34)26-50-21-17-44(56,18-22-50)33-8-11-35-32(23-33)27-52(42(35)55)36-12-14-39(53)48-41(36)54/h2-11,13,23-25,29,36,56H,12,14-22,26-27H2,1H3,(H,48,53,54)(H,45,46,47,49). The molecule has 0 spiro atoms. The fraction of sp³-hybridized carbons (Fsp3) is 0.364. The molecule has 57 heavy (non-hydrogen) atoms. The van der Waals surface area contributed by atoms with Gasteiger partial charge in [0.05, 0.1) is 12.7 Å². The van der Waals surface area contributed by atoms with Crippen LogP contribution in [0, 0.1) is 0 Å². The number of carbonyl (C=O) groups is 3. The molecular weight excluding hydrogens is 721 g/mol. The minimum absolute atomic E-state index is 0.201. The number of para-hydroxylation sites is 1. The average molecular weight is 767 g/mol. The van der Waals surface area contributed by atoms with Crippen LogP contribution in [0.4, 0.5) is 17.5 Å². The monoisotopic (exact) mass is 766 g/mol. The van der Waals surface area contributed by atoms with Crippen molar-refractivity contribution >= 4 is 46.1 Å². The Morgan fingerprint density at radius 1 is 0.912 bits per heavy atom. The van der Waals surface area contributed by atoms with Gasteiger partial charge in [0.15, 0.2) is 0 Å². The Balaban J connectivity index is 0.747. The summed E-state index contributed by atoms with van der Waals surface area (Å²) in [7, 11) is 1.64. The summed E-state index contributed by atoms with van der Waals surface area (Å²) in [6, 6.07) is 23.7. The van der Waals surface area contributed by atoms with Crippen molar-refractivity contribution in [1.82, 2.24) is 30.1 Å². The lowest BCUT2D eigenvalue weighted by molar-refractivity contribution is -0.136. The van der Waals surface area contributed by atoms with Gasteiger partial charge < -0.3 is 25.0 Å². The zero-order valence-corrected chi connectivity index (χ0v) is 32.0. The van der Waals surface area contributed by atoms with Crippen LogP contribution in [0.15, 0.2) is 85.2 Å². The summed E-state index contributed by atoms with van der Waals surface area (Å²) in [5.41, 5.74) is 5.69. The van der Waals surface area contributed by atoms with E-state index in [-0.39, 0.29) is 18.2 Å². The number of anilines is 3. The highest BCUT2D eigenvalue weighted by Gasteiger charge is 2.41. The molecule has 4 aliphatic rings. The van der Waals surface area contributed by atoms with Crippen LogP contribution in [-0.4, -0.2) is 86.9 Å². The summed E-state index contributed by atoms with van der Waals surface area (Å²) in [6.45, 7) is 4.58. The molecule has 0 saturated carbocycles. The van der Waals surface area contributed by atoms with Gasteiger partial charge >= 0.3 is 0 Å². The Labute approximate surface area is 331 Å². The van der Waals surface area contributed by atoms with Crippen molar-refractivity contribution in [2.75, 3.05) is 43.5 Å². The number of nitrogens with one attached hydrogen (secondary N) is 2. The number of likely N-dealkylation sites (tertiary alicyclic amines) is 1. The van der Waals surface area contributed by atoms with E-state index in [1.165, 1.54) is 16.8 Å².